The molecule has 0 saturated carbocycles. The number of rotatable bonds is 7. The van der Waals surface area contributed by atoms with Gasteiger partial charge in [0, 0.05) is 34.8 Å². The average Bonchev–Trinajstić information content (AvgIpc) is 3.19. The van der Waals surface area contributed by atoms with Crippen LogP contribution in [0.3, 0.4) is 0 Å². The van der Waals surface area contributed by atoms with Crippen LogP contribution >= 0.6 is 0 Å². The highest BCUT2D eigenvalue weighted by molar-refractivity contribution is 6.02. The van der Waals surface area contributed by atoms with Crippen LogP contribution in [0.1, 0.15) is 61.2 Å². The van der Waals surface area contributed by atoms with E-state index in [1.54, 1.807) is 0 Å². The van der Waals surface area contributed by atoms with E-state index >= 15 is 0 Å². The van der Waals surface area contributed by atoms with Crippen molar-refractivity contribution in [1.82, 2.24) is 19.9 Å². The number of hydrogen-bond acceptors (Lipinski definition) is 5. The zero-order valence-corrected chi connectivity index (χ0v) is 26.8. The number of pyridine rings is 1. The van der Waals surface area contributed by atoms with Gasteiger partial charge in [0.2, 0.25) is 0 Å². The van der Waals surface area contributed by atoms with Crippen molar-refractivity contribution in [1.29, 1.82) is 0 Å². The van der Waals surface area contributed by atoms with Crippen LogP contribution in [0.5, 0.6) is 0 Å². The summed E-state index contributed by atoms with van der Waals surface area (Å²) in [7, 11) is 0. The zero-order valence-electron chi connectivity index (χ0n) is 26.8. The Balaban J connectivity index is 1.30. The van der Waals surface area contributed by atoms with Crippen LogP contribution in [0.25, 0.3) is 50.6 Å². The fourth-order valence-corrected chi connectivity index (χ4v) is 6.48. The molecule has 0 radical (unpaired) electrons. The largest absolute Gasteiger partial charge is 0.261 e. The molecule has 48 heavy (non-hydrogen) atoms. The molecule has 0 unspecified atom stereocenters. The van der Waals surface area contributed by atoms with Crippen LogP contribution in [0.2, 0.25) is 0 Å². The molecule has 2 aromatic heterocycles. The zero-order chi connectivity index (χ0) is 32.1. The van der Waals surface area contributed by atoms with Gasteiger partial charge in [-0.15, -0.1) is 0 Å². The first kappa shape index (κ1) is 29.6. The fraction of sp³-hybridized carbons (Fsp3) is 0.140. The third-order valence-electron chi connectivity index (χ3n) is 8.96. The molecular formula is C43H35N5. The van der Waals surface area contributed by atoms with Crippen LogP contribution in [0.4, 0.5) is 0 Å². The predicted octanol–water partition coefficient (Wildman–Crippen LogP) is 10.4. The molecule has 5 nitrogen and oxygen atoms in total. The Bertz CT molecular complexity index is 2170. The van der Waals surface area contributed by atoms with E-state index in [4.69, 9.17) is 15.0 Å². The molecular weight excluding hydrogens is 587 g/mol. The van der Waals surface area contributed by atoms with E-state index in [1.165, 1.54) is 11.1 Å². The van der Waals surface area contributed by atoms with Gasteiger partial charge in [0.25, 0.3) is 0 Å². The Hall–Kier alpha value is -5.81. The van der Waals surface area contributed by atoms with Crippen molar-refractivity contribution >= 4 is 22.4 Å². The highest BCUT2D eigenvalue weighted by Gasteiger charge is 2.19. The van der Waals surface area contributed by atoms with Gasteiger partial charge in [0.1, 0.15) is 0 Å². The van der Waals surface area contributed by atoms with E-state index in [9.17, 15) is 0 Å². The highest BCUT2D eigenvalue weighted by Crippen LogP contribution is 2.34. The molecule has 2 aliphatic carbocycles. The maximum atomic E-state index is 5.19. The Labute approximate surface area is 281 Å². The molecule has 0 saturated heterocycles. The summed E-state index contributed by atoms with van der Waals surface area (Å²) in [5, 5.41) is 0. The number of aliphatic imine (C=N–C) groups is 1. The molecule has 0 fully saturated rings. The van der Waals surface area contributed by atoms with Crippen molar-refractivity contribution in [3.63, 3.8) is 0 Å². The van der Waals surface area contributed by atoms with Gasteiger partial charge in [-0.1, -0.05) is 85.0 Å². The summed E-state index contributed by atoms with van der Waals surface area (Å²) in [5.41, 5.74) is 11.9. The summed E-state index contributed by atoms with van der Waals surface area (Å²) in [6.07, 6.45) is 22.9. The quantitative estimate of drug-likeness (QED) is 0.181. The first-order valence-corrected chi connectivity index (χ1v) is 16.8. The van der Waals surface area contributed by atoms with Crippen LogP contribution in [0.15, 0.2) is 145 Å². The number of allylic oxidation sites excluding steroid dienone is 9. The van der Waals surface area contributed by atoms with Crippen LogP contribution < -0.4 is 0 Å². The van der Waals surface area contributed by atoms with Gasteiger partial charge in [-0.2, -0.15) is 0 Å². The predicted molar refractivity (Wildman–Crippen MR) is 197 cm³/mol. The molecule has 0 amide bonds. The molecule has 0 spiro atoms. The average molecular weight is 622 g/mol. The van der Waals surface area contributed by atoms with Gasteiger partial charge in [-0.3, -0.25) is 9.98 Å². The third kappa shape index (κ3) is 6.40. The second-order valence-corrected chi connectivity index (χ2v) is 12.3. The Morgan fingerprint density at radius 3 is 2.06 bits per heavy atom. The van der Waals surface area contributed by atoms with Crippen molar-refractivity contribution in [3.8, 4) is 33.9 Å². The van der Waals surface area contributed by atoms with Crippen LogP contribution in [-0.2, 0) is 0 Å². The summed E-state index contributed by atoms with van der Waals surface area (Å²) in [4.78, 5) is 24.8. The smallest absolute Gasteiger partial charge is 0.164 e. The van der Waals surface area contributed by atoms with Gasteiger partial charge >= 0.3 is 0 Å². The van der Waals surface area contributed by atoms with Crippen molar-refractivity contribution in [3.05, 3.63) is 162 Å². The van der Waals surface area contributed by atoms with E-state index in [-0.39, 0.29) is 0 Å². The second kappa shape index (κ2) is 13.5. The van der Waals surface area contributed by atoms with Gasteiger partial charge in [-0.05, 0) is 114 Å². The molecule has 0 atom stereocenters. The molecule has 3 heterocycles. The number of nitrogens with zero attached hydrogens (tertiary/aromatic N) is 5. The van der Waals surface area contributed by atoms with Gasteiger partial charge < -0.3 is 0 Å². The Morgan fingerprint density at radius 2 is 1.25 bits per heavy atom. The van der Waals surface area contributed by atoms with Crippen LogP contribution in [-0.4, -0.2) is 25.6 Å². The number of hydrogen-bond donors (Lipinski definition) is 0. The van der Waals surface area contributed by atoms with Crippen molar-refractivity contribution in [2.45, 2.75) is 38.5 Å². The lowest BCUT2D eigenvalue weighted by molar-refractivity contribution is 1.01. The maximum Gasteiger partial charge on any atom is 0.164 e. The molecule has 5 heteroatoms. The molecule has 0 bridgehead atoms. The Kier molecular flexibility index (Phi) is 8.32. The molecule has 0 N–H and O–H groups in total. The van der Waals surface area contributed by atoms with Crippen molar-refractivity contribution < 1.29 is 0 Å². The molecule has 232 valence electrons. The van der Waals surface area contributed by atoms with Gasteiger partial charge in [0.05, 0.1) is 5.69 Å². The third-order valence-corrected chi connectivity index (χ3v) is 8.96. The van der Waals surface area contributed by atoms with Crippen molar-refractivity contribution in [2.24, 2.45) is 4.99 Å². The van der Waals surface area contributed by atoms with E-state index < -0.39 is 0 Å². The SMILES string of the molecule is C1=CC(c2cc(-c3ccccc3)cc(-c3nc(C4=CCCC(c5ccccn5)=C4)nc(-c4cccc(C5=NC=CCC5)c4)n3)c2)=CCC1. The number of benzene rings is 3. The maximum absolute atomic E-state index is 5.19. The minimum absolute atomic E-state index is 0.645. The summed E-state index contributed by atoms with van der Waals surface area (Å²) >= 11 is 0. The highest BCUT2D eigenvalue weighted by atomic mass is 15.0. The summed E-state index contributed by atoms with van der Waals surface area (Å²) in [6, 6.07) is 31.7. The van der Waals surface area contributed by atoms with Crippen LogP contribution in [0, 0.1) is 0 Å². The van der Waals surface area contributed by atoms with E-state index in [0.29, 0.717) is 17.5 Å². The molecule has 5 aromatic rings. The van der Waals surface area contributed by atoms with Gasteiger partial charge in [-0.25, -0.2) is 15.0 Å². The first-order chi connectivity index (χ1) is 23.8. The minimum Gasteiger partial charge on any atom is -0.261 e. The molecule has 3 aromatic carbocycles. The second-order valence-electron chi connectivity index (χ2n) is 12.3. The lowest BCUT2D eigenvalue weighted by atomic mass is 9.93. The topological polar surface area (TPSA) is 63.9 Å². The summed E-state index contributed by atoms with van der Waals surface area (Å²) in [6.45, 7) is 0. The lowest BCUT2D eigenvalue weighted by Gasteiger charge is -2.16. The van der Waals surface area contributed by atoms with Gasteiger partial charge in [0.15, 0.2) is 17.5 Å². The normalized spacial score (nSPS) is 15.8. The van der Waals surface area contributed by atoms with E-state index in [0.717, 1.165) is 88.9 Å². The minimum atomic E-state index is 0.645. The molecule has 3 aliphatic rings. The summed E-state index contributed by atoms with van der Waals surface area (Å²) < 4.78 is 0. The first-order valence-electron chi connectivity index (χ1n) is 16.8. The molecule has 8 rings (SSSR count). The lowest BCUT2D eigenvalue weighted by Crippen LogP contribution is -2.06. The standard InChI is InChI=1S/C43H35N5/c1-3-13-30(14-4-1)36-27-37(31-15-5-2-6-16-31)29-38(28-36)43-47-41(34-19-11-17-32(25-34)39-21-7-9-23-44-39)46-42(48-43)35-20-12-18-33(26-35)40-22-8-10-24-45-40/h1,3-5,7,9-10,12-16,18-21,23-29H,2,6,8,11,17,22H2. The van der Waals surface area contributed by atoms with Crippen molar-refractivity contribution in [2.75, 3.05) is 0 Å². The van der Waals surface area contributed by atoms with E-state index in [2.05, 4.69) is 125 Å². The summed E-state index contributed by atoms with van der Waals surface area (Å²) in [5.74, 6) is 1.96. The number of aromatic nitrogens is 4. The molecule has 1 aliphatic heterocycles. The monoisotopic (exact) mass is 621 g/mol. The fourth-order valence-electron chi connectivity index (χ4n) is 6.48. The van der Waals surface area contributed by atoms with E-state index in [1.807, 2.05) is 24.5 Å². The Morgan fingerprint density at radius 1 is 0.500 bits per heavy atom.